The molecule has 0 aliphatic heterocycles. The molecule has 0 heterocycles. The molecule has 0 spiro atoms. The Kier molecular flexibility index (Phi) is 7.48. The Morgan fingerprint density at radius 1 is 1.00 bits per heavy atom. The molecular weight excluding hydrogens is 397 g/mol. The van der Waals surface area contributed by atoms with Gasteiger partial charge >= 0.3 is 11.8 Å². The fourth-order valence-electron chi connectivity index (χ4n) is 2.75. The molecule has 0 fully saturated rings. The number of carbonyl (C=O) groups is 2. The second-order valence-electron chi connectivity index (χ2n) is 6.79. The van der Waals surface area contributed by atoms with Crippen LogP contribution in [0.3, 0.4) is 0 Å². The number of nitrogens with zero attached hydrogens (tertiary/aromatic N) is 1. The number of hydrazone groups is 1. The van der Waals surface area contributed by atoms with E-state index in [1.54, 1.807) is 43.3 Å². The number of hydrogen-bond acceptors (Lipinski definition) is 4. The molecule has 3 rings (SSSR count). The minimum absolute atomic E-state index is 0.248. The van der Waals surface area contributed by atoms with Gasteiger partial charge in [0, 0.05) is 0 Å². The molecule has 0 radical (unpaired) electrons. The van der Waals surface area contributed by atoms with Gasteiger partial charge < -0.3 is 10.1 Å². The van der Waals surface area contributed by atoms with E-state index in [2.05, 4.69) is 15.8 Å². The number of amides is 2. The summed E-state index contributed by atoms with van der Waals surface area (Å²) in [6.45, 7) is 2.04. The highest BCUT2D eigenvalue weighted by molar-refractivity contribution is 6.35. The third kappa shape index (κ3) is 6.78. The molecule has 0 saturated heterocycles. The molecule has 3 aromatic carbocycles. The van der Waals surface area contributed by atoms with E-state index in [1.807, 2.05) is 30.3 Å². The summed E-state index contributed by atoms with van der Waals surface area (Å²) in [5.74, 6) is -1.32. The summed E-state index contributed by atoms with van der Waals surface area (Å²) < 4.78 is 18.8. The number of hydrogen-bond donors (Lipinski definition) is 2. The zero-order valence-corrected chi connectivity index (χ0v) is 16.9. The Balaban J connectivity index is 1.45. The normalized spacial score (nSPS) is 11.7. The predicted octanol–water partition coefficient (Wildman–Crippen LogP) is 3.73. The maximum atomic E-state index is 13.2. The molecule has 7 heteroatoms. The van der Waals surface area contributed by atoms with E-state index in [4.69, 9.17) is 4.74 Å². The van der Waals surface area contributed by atoms with Gasteiger partial charge in [-0.1, -0.05) is 42.5 Å². The first-order valence-corrected chi connectivity index (χ1v) is 9.67. The standard InChI is InChI=1S/C24H22FN3O3/c1-17(20-7-3-2-4-8-20)27-23(29)24(30)28-26-15-18-10-12-22(13-11-18)31-16-19-6-5-9-21(25)14-19/h2-15,17H,16H2,1H3,(H,27,29)(H,28,30)/b26-15-/t17-/m1/s1. The number of halogens is 1. The maximum absolute atomic E-state index is 13.2. The zero-order valence-electron chi connectivity index (χ0n) is 16.9. The quantitative estimate of drug-likeness (QED) is 0.348. The molecule has 0 unspecified atom stereocenters. The van der Waals surface area contributed by atoms with Gasteiger partial charge in [0.1, 0.15) is 18.2 Å². The Hall–Kier alpha value is -4.00. The van der Waals surface area contributed by atoms with E-state index in [0.717, 1.165) is 11.1 Å². The fraction of sp³-hybridized carbons (Fsp3) is 0.125. The Morgan fingerprint density at radius 2 is 1.74 bits per heavy atom. The van der Waals surface area contributed by atoms with E-state index in [9.17, 15) is 14.0 Å². The number of benzene rings is 3. The number of ether oxygens (including phenoxy) is 1. The van der Waals surface area contributed by atoms with Gasteiger partial charge in [-0.2, -0.15) is 5.10 Å². The number of carbonyl (C=O) groups excluding carboxylic acids is 2. The molecule has 0 aliphatic rings. The lowest BCUT2D eigenvalue weighted by Gasteiger charge is -2.13. The molecule has 1 atom stereocenters. The fourth-order valence-corrected chi connectivity index (χ4v) is 2.75. The molecule has 2 amide bonds. The topological polar surface area (TPSA) is 79.8 Å². The van der Waals surface area contributed by atoms with Gasteiger partial charge in [0.2, 0.25) is 0 Å². The van der Waals surface area contributed by atoms with Crippen LogP contribution in [0.1, 0.15) is 29.7 Å². The second kappa shape index (κ2) is 10.7. The largest absolute Gasteiger partial charge is 0.489 e. The summed E-state index contributed by atoms with van der Waals surface area (Å²) in [6, 6.07) is 22.2. The van der Waals surface area contributed by atoms with Crippen LogP contribution >= 0.6 is 0 Å². The summed E-state index contributed by atoms with van der Waals surface area (Å²) in [4.78, 5) is 23.9. The Labute approximate surface area is 179 Å². The summed E-state index contributed by atoms with van der Waals surface area (Å²) in [5.41, 5.74) is 4.54. The molecule has 31 heavy (non-hydrogen) atoms. The molecule has 2 N–H and O–H groups in total. The van der Waals surface area contributed by atoms with Crippen molar-refractivity contribution in [1.82, 2.24) is 10.7 Å². The summed E-state index contributed by atoms with van der Waals surface area (Å²) >= 11 is 0. The molecule has 0 aliphatic carbocycles. The van der Waals surface area contributed by atoms with Gasteiger partial charge in [0.05, 0.1) is 12.3 Å². The first-order chi connectivity index (χ1) is 15.0. The third-order valence-corrected chi connectivity index (χ3v) is 4.41. The van der Waals surface area contributed by atoms with Crippen LogP contribution in [0, 0.1) is 5.82 Å². The van der Waals surface area contributed by atoms with E-state index >= 15 is 0 Å². The van der Waals surface area contributed by atoms with Crippen molar-refractivity contribution in [2.45, 2.75) is 19.6 Å². The molecule has 158 valence electrons. The maximum Gasteiger partial charge on any atom is 0.329 e. The lowest BCUT2D eigenvalue weighted by Crippen LogP contribution is -2.39. The lowest BCUT2D eigenvalue weighted by atomic mass is 10.1. The van der Waals surface area contributed by atoms with Crippen molar-refractivity contribution in [2.75, 3.05) is 0 Å². The predicted molar refractivity (Wildman–Crippen MR) is 116 cm³/mol. The van der Waals surface area contributed by atoms with E-state index in [0.29, 0.717) is 11.3 Å². The zero-order chi connectivity index (χ0) is 22.1. The highest BCUT2D eigenvalue weighted by Gasteiger charge is 2.16. The van der Waals surface area contributed by atoms with Crippen LogP contribution in [-0.4, -0.2) is 18.0 Å². The van der Waals surface area contributed by atoms with Crippen molar-refractivity contribution in [3.05, 3.63) is 101 Å². The molecule has 3 aromatic rings. The van der Waals surface area contributed by atoms with Gasteiger partial charge in [-0.25, -0.2) is 9.82 Å². The average molecular weight is 419 g/mol. The molecule has 0 saturated carbocycles. The third-order valence-electron chi connectivity index (χ3n) is 4.41. The first-order valence-electron chi connectivity index (χ1n) is 9.67. The van der Waals surface area contributed by atoms with Crippen LogP contribution in [0.4, 0.5) is 4.39 Å². The van der Waals surface area contributed by atoms with Crippen molar-refractivity contribution in [1.29, 1.82) is 0 Å². The average Bonchev–Trinajstić information content (AvgIpc) is 2.79. The van der Waals surface area contributed by atoms with Crippen LogP contribution in [0.15, 0.2) is 84.0 Å². The summed E-state index contributed by atoms with van der Waals surface area (Å²) in [7, 11) is 0. The highest BCUT2D eigenvalue weighted by Crippen LogP contribution is 2.14. The van der Waals surface area contributed by atoms with Crippen molar-refractivity contribution < 1.29 is 18.7 Å². The van der Waals surface area contributed by atoms with Gasteiger partial charge in [0.25, 0.3) is 0 Å². The first kappa shape index (κ1) is 21.7. The van der Waals surface area contributed by atoms with Crippen LogP contribution < -0.4 is 15.5 Å². The van der Waals surface area contributed by atoms with Gasteiger partial charge in [-0.15, -0.1) is 0 Å². The monoisotopic (exact) mass is 419 g/mol. The van der Waals surface area contributed by atoms with Crippen molar-refractivity contribution in [2.24, 2.45) is 5.10 Å². The van der Waals surface area contributed by atoms with Crippen molar-refractivity contribution in [3.63, 3.8) is 0 Å². The smallest absolute Gasteiger partial charge is 0.329 e. The SMILES string of the molecule is C[C@@H](NC(=O)C(=O)N/N=C\c1ccc(OCc2cccc(F)c2)cc1)c1ccccc1. The van der Waals surface area contributed by atoms with Crippen molar-refractivity contribution >= 4 is 18.0 Å². The number of nitrogens with one attached hydrogen (secondary N) is 2. The lowest BCUT2D eigenvalue weighted by molar-refractivity contribution is -0.139. The van der Waals surface area contributed by atoms with Crippen LogP contribution in [-0.2, 0) is 16.2 Å². The minimum atomic E-state index is -0.853. The van der Waals surface area contributed by atoms with Crippen LogP contribution in [0.2, 0.25) is 0 Å². The summed E-state index contributed by atoms with van der Waals surface area (Å²) in [6.07, 6.45) is 1.42. The molecule has 0 bridgehead atoms. The highest BCUT2D eigenvalue weighted by atomic mass is 19.1. The Bertz CT molecular complexity index is 1050. The van der Waals surface area contributed by atoms with Crippen LogP contribution in [0.25, 0.3) is 0 Å². The second-order valence-corrected chi connectivity index (χ2v) is 6.79. The van der Waals surface area contributed by atoms with E-state index in [1.165, 1.54) is 18.3 Å². The molecular formula is C24H22FN3O3. The van der Waals surface area contributed by atoms with E-state index in [-0.39, 0.29) is 18.5 Å². The van der Waals surface area contributed by atoms with Crippen molar-refractivity contribution in [3.8, 4) is 5.75 Å². The molecule has 0 aromatic heterocycles. The van der Waals surface area contributed by atoms with Gasteiger partial charge in [-0.3, -0.25) is 9.59 Å². The Morgan fingerprint density at radius 3 is 2.45 bits per heavy atom. The van der Waals surface area contributed by atoms with Gasteiger partial charge in [-0.05, 0) is 60.0 Å². The minimum Gasteiger partial charge on any atom is -0.489 e. The van der Waals surface area contributed by atoms with Crippen LogP contribution in [0.5, 0.6) is 5.75 Å². The number of rotatable bonds is 7. The van der Waals surface area contributed by atoms with E-state index < -0.39 is 11.8 Å². The summed E-state index contributed by atoms with van der Waals surface area (Å²) in [5, 5.41) is 6.43. The molecule has 6 nitrogen and oxygen atoms in total. The van der Waals surface area contributed by atoms with Gasteiger partial charge in [0.15, 0.2) is 0 Å².